The van der Waals surface area contributed by atoms with Crippen LogP contribution in [0.2, 0.25) is 0 Å². The van der Waals surface area contributed by atoms with Gasteiger partial charge in [-0.05, 0) is 42.7 Å². The van der Waals surface area contributed by atoms with Crippen LogP contribution in [0.3, 0.4) is 0 Å². The van der Waals surface area contributed by atoms with Gasteiger partial charge in [0.1, 0.15) is 0 Å². The minimum atomic E-state index is -0.681. The van der Waals surface area contributed by atoms with Gasteiger partial charge in [0.25, 0.3) is 0 Å². The summed E-state index contributed by atoms with van der Waals surface area (Å²) in [6, 6.07) is 15.6. The first kappa shape index (κ1) is 19.4. The molecule has 2 aromatic rings. The lowest BCUT2D eigenvalue weighted by molar-refractivity contribution is -0.138. The van der Waals surface area contributed by atoms with Crippen molar-refractivity contribution in [2.45, 2.75) is 32.6 Å². The lowest BCUT2D eigenvalue weighted by Crippen LogP contribution is -2.14. The molecule has 0 bridgehead atoms. The lowest BCUT2D eigenvalue weighted by atomic mass is 10.1. The number of benzene rings is 2. The Bertz CT molecular complexity index is 735. The molecule has 0 radical (unpaired) electrons. The Balaban J connectivity index is 1.68. The van der Waals surface area contributed by atoms with Crippen molar-refractivity contribution in [3.8, 4) is 0 Å². The number of rotatable bonds is 8. The smallest absolute Gasteiger partial charge is 0.345 e. The molecule has 0 fully saturated rings. The number of hydrogen-bond acceptors (Lipinski definition) is 5. The third-order valence-electron chi connectivity index (χ3n) is 3.70. The molecule has 0 aliphatic rings. The first-order chi connectivity index (χ1) is 12.6. The highest BCUT2D eigenvalue weighted by Crippen LogP contribution is 2.09. The van der Waals surface area contributed by atoms with Crippen LogP contribution in [0.25, 0.3) is 0 Å². The number of ether oxygens (including phenoxy) is 2. The highest BCUT2D eigenvalue weighted by Gasteiger charge is 2.13. The van der Waals surface area contributed by atoms with Gasteiger partial charge in [0.05, 0.1) is 17.7 Å². The maximum Gasteiger partial charge on any atom is 0.345 e. The third-order valence-corrected chi connectivity index (χ3v) is 3.70. The van der Waals surface area contributed by atoms with Crippen molar-refractivity contribution in [2.24, 2.45) is 0 Å². The first-order valence-electron chi connectivity index (χ1n) is 8.66. The van der Waals surface area contributed by atoms with E-state index in [2.05, 4.69) is 6.92 Å². The summed E-state index contributed by atoms with van der Waals surface area (Å²) in [5, 5.41) is 0. The minimum absolute atomic E-state index is 0.00128. The third kappa shape index (κ3) is 6.16. The standard InChI is InChI=1S/C21H22O5/c1-2-7-16-11-13-18(14-12-16)20(23)25-15-6-10-19(22)26-21(24)17-8-4-3-5-9-17/h3-5,8-9,11-14H,2,6-7,10,15H2,1H3. The van der Waals surface area contributed by atoms with Gasteiger partial charge in [-0.15, -0.1) is 0 Å². The van der Waals surface area contributed by atoms with Crippen molar-refractivity contribution in [3.05, 3.63) is 71.3 Å². The van der Waals surface area contributed by atoms with Crippen molar-refractivity contribution in [1.29, 1.82) is 0 Å². The Kier molecular flexibility index (Phi) is 7.55. The first-order valence-corrected chi connectivity index (χ1v) is 8.66. The molecular weight excluding hydrogens is 332 g/mol. The zero-order valence-electron chi connectivity index (χ0n) is 14.8. The molecule has 2 aromatic carbocycles. The summed E-state index contributed by atoms with van der Waals surface area (Å²) in [7, 11) is 0. The highest BCUT2D eigenvalue weighted by atomic mass is 16.6. The summed E-state index contributed by atoms with van der Waals surface area (Å²) in [6.07, 6.45) is 2.31. The second-order valence-corrected chi connectivity index (χ2v) is 5.81. The van der Waals surface area contributed by atoms with Gasteiger partial charge in [-0.3, -0.25) is 4.79 Å². The van der Waals surface area contributed by atoms with Gasteiger partial charge in [0.15, 0.2) is 0 Å². The quantitative estimate of drug-likeness (QED) is 0.408. The van der Waals surface area contributed by atoms with E-state index in [1.54, 1.807) is 42.5 Å². The van der Waals surface area contributed by atoms with E-state index < -0.39 is 17.9 Å². The van der Waals surface area contributed by atoms with Gasteiger partial charge < -0.3 is 9.47 Å². The van der Waals surface area contributed by atoms with E-state index in [1.165, 1.54) is 5.56 Å². The molecule has 0 spiro atoms. The van der Waals surface area contributed by atoms with Crippen LogP contribution < -0.4 is 0 Å². The molecule has 0 atom stereocenters. The van der Waals surface area contributed by atoms with Crippen LogP contribution in [-0.4, -0.2) is 24.5 Å². The second kappa shape index (κ2) is 10.1. The van der Waals surface area contributed by atoms with Gasteiger partial charge in [-0.2, -0.15) is 0 Å². The van der Waals surface area contributed by atoms with E-state index in [0.717, 1.165) is 12.8 Å². The topological polar surface area (TPSA) is 69.7 Å². The number of carbonyl (C=O) groups is 3. The Morgan fingerprint density at radius 3 is 2.15 bits per heavy atom. The molecule has 0 saturated heterocycles. The Morgan fingerprint density at radius 2 is 1.50 bits per heavy atom. The van der Waals surface area contributed by atoms with E-state index in [4.69, 9.17) is 9.47 Å². The van der Waals surface area contributed by atoms with Crippen LogP contribution in [-0.2, 0) is 20.7 Å². The zero-order chi connectivity index (χ0) is 18.8. The molecule has 2 rings (SSSR count). The molecule has 136 valence electrons. The molecule has 0 aromatic heterocycles. The predicted molar refractivity (Wildman–Crippen MR) is 96.8 cm³/mol. The van der Waals surface area contributed by atoms with Crippen molar-refractivity contribution in [1.82, 2.24) is 0 Å². The minimum Gasteiger partial charge on any atom is -0.462 e. The van der Waals surface area contributed by atoms with Crippen molar-refractivity contribution in [3.63, 3.8) is 0 Å². The van der Waals surface area contributed by atoms with Crippen LogP contribution in [0.4, 0.5) is 0 Å². The van der Waals surface area contributed by atoms with E-state index in [1.807, 2.05) is 12.1 Å². The van der Waals surface area contributed by atoms with Crippen molar-refractivity contribution < 1.29 is 23.9 Å². The molecule has 0 unspecified atom stereocenters. The summed E-state index contributed by atoms with van der Waals surface area (Å²) in [6.45, 7) is 2.19. The van der Waals surface area contributed by atoms with E-state index in [-0.39, 0.29) is 13.0 Å². The molecule has 0 aliphatic heterocycles. The molecule has 0 amide bonds. The Hall–Kier alpha value is -2.95. The van der Waals surface area contributed by atoms with Crippen molar-refractivity contribution >= 4 is 17.9 Å². The monoisotopic (exact) mass is 354 g/mol. The van der Waals surface area contributed by atoms with Gasteiger partial charge in [-0.25, -0.2) is 9.59 Å². The Morgan fingerprint density at radius 1 is 0.846 bits per heavy atom. The lowest BCUT2D eigenvalue weighted by Gasteiger charge is -2.06. The molecule has 0 aliphatic carbocycles. The zero-order valence-corrected chi connectivity index (χ0v) is 14.8. The van der Waals surface area contributed by atoms with E-state index >= 15 is 0 Å². The largest absolute Gasteiger partial charge is 0.462 e. The van der Waals surface area contributed by atoms with Gasteiger partial charge >= 0.3 is 17.9 Å². The van der Waals surface area contributed by atoms with Gasteiger partial charge in [0, 0.05) is 6.42 Å². The second-order valence-electron chi connectivity index (χ2n) is 5.81. The Labute approximate surface area is 152 Å². The van der Waals surface area contributed by atoms with Crippen LogP contribution in [0.1, 0.15) is 52.5 Å². The summed E-state index contributed by atoms with van der Waals surface area (Å²) < 4.78 is 9.88. The van der Waals surface area contributed by atoms with Crippen LogP contribution in [0, 0.1) is 0 Å². The summed E-state index contributed by atoms with van der Waals surface area (Å²) in [5.41, 5.74) is 1.97. The fourth-order valence-corrected chi connectivity index (χ4v) is 2.35. The van der Waals surface area contributed by atoms with E-state index in [9.17, 15) is 14.4 Å². The average Bonchev–Trinajstić information content (AvgIpc) is 2.66. The number of carbonyl (C=O) groups excluding carboxylic acids is 3. The van der Waals surface area contributed by atoms with Gasteiger partial charge in [0.2, 0.25) is 0 Å². The van der Waals surface area contributed by atoms with Crippen LogP contribution >= 0.6 is 0 Å². The normalized spacial score (nSPS) is 10.2. The van der Waals surface area contributed by atoms with Crippen molar-refractivity contribution in [2.75, 3.05) is 6.61 Å². The SMILES string of the molecule is CCCc1ccc(C(=O)OCCCC(=O)OC(=O)c2ccccc2)cc1. The molecule has 26 heavy (non-hydrogen) atoms. The van der Waals surface area contributed by atoms with Crippen LogP contribution in [0.5, 0.6) is 0 Å². The highest BCUT2D eigenvalue weighted by molar-refractivity contribution is 5.96. The fourth-order valence-electron chi connectivity index (χ4n) is 2.35. The number of aryl methyl sites for hydroxylation is 1. The molecule has 5 heteroatoms. The fraction of sp³-hybridized carbons (Fsp3) is 0.286. The van der Waals surface area contributed by atoms with E-state index in [0.29, 0.717) is 17.5 Å². The maximum atomic E-state index is 11.9. The molecule has 0 heterocycles. The summed E-state index contributed by atoms with van der Waals surface area (Å²) in [5.74, 6) is -1.75. The predicted octanol–water partition coefficient (Wildman–Crippen LogP) is 3.96. The molecule has 5 nitrogen and oxygen atoms in total. The number of hydrogen-bond donors (Lipinski definition) is 0. The molecular formula is C21H22O5. The summed E-state index contributed by atoms with van der Waals surface area (Å²) in [4.78, 5) is 35.3. The number of esters is 3. The molecule has 0 N–H and O–H groups in total. The summed E-state index contributed by atoms with van der Waals surface area (Å²) >= 11 is 0. The van der Waals surface area contributed by atoms with Crippen LogP contribution in [0.15, 0.2) is 54.6 Å². The molecule has 0 saturated carbocycles. The van der Waals surface area contributed by atoms with Gasteiger partial charge in [-0.1, -0.05) is 43.7 Å². The average molecular weight is 354 g/mol. The maximum absolute atomic E-state index is 11.9.